The number of esters is 1. The third-order valence-electron chi connectivity index (χ3n) is 5.16. The number of nitro groups is 1. The zero-order valence-electron chi connectivity index (χ0n) is 19.0. The zero-order valence-corrected chi connectivity index (χ0v) is 19.0. The van der Waals surface area contributed by atoms with Gasteiger partial charge in [0, 0.05) is 17.7 Å². The van der Waals surface area contributed by atoms with Gasteiger partial charge in [-0.05, 0) is 18.1 Å². The Kier molecular flexibility index (Phi) is 8.66. The predicted octanol–water partition coefficient (Wildman–Crippen LogP) is 4.62. The lowest BCUT2D eigenvalue weighted by atomic mass is 9.86. The Hall–Kier alpha value is -4.53. The molecule has 3 rings (SSSR count). The van der Waals surface area contributed by atoms with E-state index in [0.717, 1.165) is 5.56 Å². The number of ether oxygens (including phenoxy) is 2. The summed E-state index contributed by atoms with van der Waals surface area (Å²) < 4.78 is 10.5. The van der Waals surface area contributed by atoms with E-state index in [1.54, 1.807) is 61.5 Å². The SMILES string of the molecule is CCOC(=O)C(C(=O)c1ccccc1)C(NC(=O)OCc1ccccc1)c1ccc([N+](=O)[O-])cc1. The lowest BCUT2D eigenvalue weighted by Crippen LogP contribution is -2.41. The fourth-order valence-electron chi connectivity index (χ4n) is 3.46. The molecule has 3 aromatic rings. The Bertz CT molecular complexity index is 1170. The number of nitrogens with zero attached hydrogens (tertiary/aromatic N) is 1. The maximum Gasteiger partial charge on any atom is 0.407 e. The van der Waals surface area contributed by atoms with Crippen LogP contribution < -0.4 is 5.32 Å². The van der Waals surface area contributed by atoms with Crippen LogP contribution in [0.15, 0.2) is 84.9 Å². The molecule has 9 nitrogen and oxygen atoms in total. The molecule has 0 aliphatic rings. The first-order chi connectivity index (χ1) is 16.9. The van der Waals surface area contributed by atoms with Crippen LogP contribution in [0.2, 0.25) is 0 Å². The predicted molar refractivity (Wildman–Crippen MR) is 126 cm³/mol. The van der Waals surface area contributed by atoms with Gasteiger partial charge in [0.2, 0.25) is 0 Å². The van der Waals surface area contributed by atoms with E-state index in [2.05, 4.69) is 5.32 Å². The molecule has 2 atom stereocenters. The third kappa shape index (κ3) is 6.73. The largest absolute Gasteiger partial charge is 0.465 e. The van der Waals surface area contributed by atoms with Crippen molar-refractivity contribution in [1.29, 1.82) is 0 Å². The lowest BCUT2D eigenvalue weighted by molar-refractivity contribution is -0.384. The Balaban J connectivity index is 1.95. The first kappa shape index (κ1) is 25.1. The number of hydrogen-bond acceptors (Lipinski definition) is 7. The molecule has 0 fully saturated rings. The summed E-state index contributed by atoms with van der Waals surface area (Å²) >= 11 is 0. The van der Waals surface area contributed by atoms with E-state index < -0.39 is 34.7 Å². The van der Waals surface area contributed by atoms with Crippen molar-refractivity contribution in [3.05, 3.63) is 112 Å². The van der Waals surface area contributed by atoms with Crippen molar-refractivity contribution < 1.29 is 28.8 Å². The quantitative estimate of drug-likeness (QED) is 0.149. The van der Waals surface area contributed by atoms with Crippen molar-refractivity contribution in [2.24, 2.45) is 5.92 Å². The minimum absolute atomic E-state index is 0.0167. The molecule has 0 aromatic heterocycles. The molecule has 9 heteroatoms. The molecule has 0 heterocycles. The summed E-state index contributed by atoms with van der Waals surface area (Å²) in [5, 5.41) is 13.7. The summed E-state index contributed by atoms with van der Waals surface area (Å²) in [5.41, 5.74) is 1.12. The van der Waals surface area contributed by atoms with E-state index in [9.17, 15) is 24.5 Å². The molecule has 0 spiro atoms. The maximum atomic E-state index is 13.4. The van der Waals surface area contributed by atoms with E-state index in [-0.39, 0.29) is 24.5 Å². The highest BCUT2D eigenvalue weighted by molar-refractivity contribution is 6.09. The molecule has 1 N–H and O–H groups in total. The molecule has 0 aliphatic carbocycles. The van der Waals surface area contributed by atoms with E-state index >= 15 is 0 Å². The number of hydrogen-bond donors (Lipinski definition) is 1. The van der Waals surface area contributed by atoms with Gasteiger partial charge in [-0.25, -0.2) is 4.79 Å². The second-order valence-corrected chi connectivity index (χ2v) is 7.49. The summed E-state index contributed by atoms with van der Waals surface area (Å²) in [6.07, 6.45) is -0.868. The number of carbonyl (C=O) groups excluding carboxylic acids is 3. The second-order valence-electron chi connectivity index (χ2n) is 7.49. The van der Waals surface area contributed by atoms with Crippen molar-refractivity contribution in [2.45, 2.75) is 19.6 Å². The van der Waals surface area contributed by atoms with E-state index in [0.29, 0.717) is 5.56 Å². The number of benzene rings is 3. The molecular formula is C26H24N2O7. The zero-order chi connectivity index (χ0) is 25.2. The van der Waals surface area contributed by atoms with E-state index in [4.69, 9.17) is 9.47 Å². The summed E-state index contributed by atoms with van der Waals surface area (Å²) in [4.78, 5) is 49.6. The van der Waals surface area contributed by atoms with Crippen molar-refractivity contribution in [1.82, 2.24) is 5.32 Å². The number of nitrogens with one attached hydrogen (secondary N) is 1. The van der Waals surface area contributed by atoms with Crippen LogP contribution in [0.3, 0.4) is 0 Å². The van der Waals surface area contributed by atoms with Gasteiger partial charge in [0.25, 0.3) is 5.69 Å². The van der Waals surface area contributed by atoms with Crippen LogP contribution in [0.1, 0.15) is 34.5 Å². The molecule has 0 radical (unpaired) electrons. The van der Waals surface area contributed by atoms with Gasteiger partial charge in [-0.3, -0.25) is 19.7 Å². The molecule has 1 amide bonds. The van der Waals surface area contributed by atoms with Crippen LogP contribution in [0, 0.1) is 16.0 Å². The third-order valence-corrected chi connectivity index (χ3v) is 5.16. The highest BCUT2D eigenvalue weighted by atomic mass is 16.6. The van der Waals surface area contributed by atoms with Gasteiger partial charge < -0.3 is 14.8 Å². The first-order valence-electron chi connectivity index (χ1n) is 10.9. The Morgan fingerprint density at radius 3 is 2.06 bits per heavy atom. The second kappa shape index (κ2) is 12.1. The molecule has 0 bridgehead atoms. The van der Waals surface area contributed by atoms with E-state index in [1.807, 2.05) is 6.07 Å². The average molecular weight is 476 g/mol. The maximum absolute atomic E-state index is 13.4. The normalized spacial score (nSPS) is 12.1. The molecular weight excluding hydrogens is 452 g/mol. The fourth-order valence-corrected chi connectivity index (χ4v) is 3.46. The minimum Gasteiger partial charge on any atom is -0.465 e. The van der Waals surface area contributed by atoms with Crippen LogP contribution >= 0.6 is 0 Å². The van der Waals surface area contributed by atoms with Gasteiger partial charge in [0.15, 0.2) is 5.78 Å². The summed E-state index contributed by atoms with van der Waals surface area (Å²) in [7, 11) is 0. The topological polar surface area (TPSA) is 125 Å². The lowest BCUT2D eigenvalue weighted by Gasteiger charge is -2.26. The summed E-state index contributed by atoms with van der Waals surface area (Å²) in [5.74, 6) is -2.87. The Morgan fingerprint density at radius 2 is 1.49 bits per heavy atom. The standard InChI is InChI=1S/C26H24N2O7/c1-2-34-25(30)22(24(29)20-11-7-4-8-12-20)23(19-13-15-21(16-14-19)28(32)33)27-26(31)35-17-18-9-5-3-6-10-18/h3-16,22-23H,2,17H2,1H3,(H,27,31). The average Bonchev–Trinajstić information content (AvgIpc) is 2.88. The summed E-state index contributed by atoms with van der Waals surface area (Å²) in [6.45, 7) is 1.59. The smallest absolute Gasteiger partial charge is 0.407 e. The number of nitro benzene ring substituents is 1. The van der Waals surface area contributed by atoms with Crippen molar-refractivity contribution in [3.63, 3.8) is 0 Å². The molecule has 0 saturated carbocycles. The van der Waals surface area contributed by atoms with Crippen molar-refractivity contribution in [2.75, 3.05) is 6.61 Å². The molecule has 3 aromatic carbocycles. The van der Waals surface area contributed by atoms with Crippen LogP contribution in [-0.2, 0) is 20.9 Å². The molecule has 0 aliphatic heterocycles. The number of amides is 1. The van der Waals surface area contributed by atoms with Gasteiger partial charge in [-0.2, -0.15) is 0 Å². The number of Topliss-reactive ketones (excluding diaryl/α,β-unsaturated/α-hetero) is 1. The number of alkyl carbamates (subject to hydrolysis) is 1. The first-order valence-corrected chi connectivity index (χ1v) is 10.9. The molecule has 2 unspecified atom stereocenters. The minimum atomic E-state index is -1.46. The Labute approximate surface area is 201 Å². The monoisotopic (exact) mass is 476 g/mol. The van der Waals surface area contributed by atoms with Crippen molar-refractivity contribution >= 4 is 23.5 Å². The highest BCUT2D eigenvalue weighted by Gasteiger charge is 2.39. The van der Waals surface area contributed by atoms with Gasteiger partial charge >= 0.3 is 12.1 Å². The fraction of sp³-hybridized carbons (Fsp3) is 0.192. The number of carbonyl (C=O) groups is 3. The molecule has 0 saturated heterocycles. The summed E-state index contributed by atoms with van der Waals surface area (Å²) in [6, 6.07) is 21.1. The van der Waals surface area contributed by atoms with Crippen LogP contribution in [0.5, 0.6) is 0 Å². The van der Waals surface area contributed by atoms with Gasteiger partial charge in [-0.15, -0.1) is 0 Å². The van der Waals surface area contributed by atoms with Gasteiger partial charge in [-0.1, -0.05) is 72.8 Å². The van der Waals surface area contributed by atoms with Crippen LogP contribution in [-0.4, -0.2) is 29.4 Å². The van der Waals surface area contributed by atoms with E-state index in [1.165, 1.54) is 24.3 Å². The van der Waals surface area contributed by atoms with Crippen LogP contribution in [0.4, 0.5) is 10.5 Å². The number of rotatable bonds is 10. The molecule has 35 heavy (non-hydrogen) atoms. The van der Waals surface area contributed by atoms with Crippen molar-refractivity contribution in [3.8, 4) is 0 Å². The Morgan fingerprint density at radius 1 is 0.886 bits per heavy atom. The number of non-ortho nitro benzene ring substituents is 1. The highest BCUT2D eigenvalue weighted by Crippen LogP contribution is 2.29. The van der Waals surface area contributed by atoms with Gasteiger partial charge in [0.05, 0.1) is 17.6 Å². The number of ketones is 1. The molecule has 180 valence electrons. The van der Waals surface area contributed by atoms with Gasteiger partial charge in [0.1, 0.15) is 12.5 Å². The van der Waals surface area contributed by atoms with Crippen LogP contribution in [0.25, 0.3) is 0 Å².